The first kappa shape index (κ1) is 20.9. The van der Waals surface area contributed by atoms with Crippen LogP contribution in [0, 0.1) is 6.92 Å². The van der Waals surface area contributed by atoms with E-state index in [-0.39, 0.29) is 24.5 Å². The molecular formula is C23H28N2O4. The van der Waals surface area contributed by atoms with E-state index in [9.17, 15) is 9.59 Å². The summed E-state index contributed by atoms with van der Waals surface area (Å²) in [4.78, 5) is 26.1. The van der Waals surface area contributed by atoms with Crippen molar-refractivity contribution in [2.24, 2.45) is 0 Å². The van der Waals surface area contributed by atoms with Gasteiger partial charge in [-0.15, -0.1) is 0 Å². The molecule has 29 heavy (non-hydrogen) atoms. The topological polar surface area (TPSA) is 67.9 Å². The number of ether oxygens (including phenoxy) is 2. The van der Waals surface area contributed by atoms with Crippen molar-refractivity contribution in [1.82, 2.24) is 10.2 Å². The Labute approximate surface area is 171 Å². The molecule has 1 unspecified atom stereocenters. The largest absolute Gasteiger partial charge is 0.484 e. The zero-order chi connectivity index (χ0) is 20.8. The molecule has 0 spiro atoms. The van der Waals surface area contributed by atoms with Gasteiger partial charge in [0.1, 0.15) is 5.75 Å². The highest BCUT2D eigenvalue weighted by Gasteiger charge is 2.30. The molecule has 2 aromatic carbocycles. The number of nitrogens with zero attached hydrogens (tertiary/aromatic N) is 1. The number of aryl methyl sites for hydroxylation is 1. The van der Waals surface area contributed by atoms with Crippen LogP contribution in [0.25, 0.3) is 0 Å². The normalized spacial score (nSPS) is 15.6. The number of nitrogens with one attached hydrogen (secondary N) is 1. The minimum atomic E-state index is -0.194. The molecule has 1 aliphatic rings. The van der Waals surface area contributed by atoms with Crippen molar-refractivity contribution >= 4 is 11.8 Å². The van der Waals surface area contributed by atoms with Crippen LogP contribution in [0.4, 0.5) is 0 Å². The molecule has 1 heterocycles. The fraction of sp³-hybridized carbons (Fsp3) is 0.391. The summed E-state index contributed by atoms with van der Waals surface area (Å²) in [5.74, 6) is 0.471. The first-order valence-corrected chi connectivity index (χ1v) is 9.84. The quantitative estimate of drug-likeness (QED) is 0.731. The Morgan fingerprint density at radius 3 is 2.62 bits per heavy atom. The van der Waals surface area contributed by atoms with Gasteiger partial charge < -0.3 is 19.7 Å². The number of hydrogen-bond acceptors (Lipinski definition) is 4. The summed E-state index contributed by atoms with van der Waals surface area (Å²) in [6.45, 7) is 5.19. The van der Waals surface area contributed by atoms with Gasteiger partial charge in [-0.25, -0.2) is 0 Å². The average molecular weight is 396 g/mol. The molecule has 6 heteroatoms. The van der Waals surface area contributed by atoms with Gasteiger partial charge in [0.2, 0.25) is 5.91 Å². The SMILES string of the molecule is COCCNC(=O)COc1ccc2c(c1)C(c1ccc(C)cc1)N(C(C)=O)CC2. The number of carbonyl (C=O) groups is 2. The Hall–Kier alpha value is -2.86. The van der Waals surface area contributed by atoms with Crippen LogP contribution in [0.15, 0.2) is 42.5 Å². The molecule has 0 bridgehead atoms. The third-order valence-corrected chi connectivity index (χ3v) is 5.14. The van der Waals surface area contributed by atoms with Crippen molar-refractivity contribution in [2.45, 2.75) is 26.3 Å². The molecule has 1 N–H and O–H groups in total. The Bertz CT molecular complexity index is 864. The highest BCUT2D eigenvalue weighted by atomic mass is 16.5. The van der Waals surface area contributed by atoms with Crippen LogP contribution in [0.1, 0.15) is 35.2 Å². The zero-order valence-electron chi connectivity index (χ0n) is 17.2. The Morgan fingerprint density at radius 1 is 1.17 bits per heavy atom. The van der Waals surface area contributed by atoms with Crippen LogP contribution in [-0.2, 0) is 20.7 Å². The molecule has 6 nitrogen and oxygen atoms in total. The lowest BCUT2D eigenvalue weighted by atomic mass is 9.87. The monoisotopic (exact) mass is 396 g/mol. The van der Waals surface area contributed by atoms with E-state index < -0.39 is 0 Å². The van der Waals surface area contributed by atoms with Gasteiger partial charge in [-0.3, -0.25) is 9.59 Å². The number of hydrogen-bond donors (Lipinski definition) is 1. The first-order valence-electron chi connectivity index (χ1n) is 9.84. The Morgan fingerprint density at radius 2 is 1.93 bits per heavy atom. The van der Waals surface area contributed by atoms with Crippen molar-refractivity contribution < 1.29 is 19.1 Å². The van der Waals surface area contributed by atoms with Crippen LogP contribution in [0.2, 0.25) is 0 Å². The average Bonchev–Trinajstić information content (AvgIpc) is 2.72. The second-order valence-corrected chi connectivity index (χ2v) is 7.27. The lowest BCUT2D eigenvalue weighted by Gasteiger charge is -2.37. The van der Waals surface area contributed by atoms with E-state index >= 15 is 0 Å². The van der Waals surface area contributed by atoms with E-state index in [1.807, 2.05) is 30.0 Å². The standard InChI is InChI=1S/C23H28N2O4/c1-16-4-6-19(7-5-16)23-21-14-20(29-15-22(27)24-11-13-28-3)9-8-18(21)10-12-25(23)17(2)26/h4-9,14,23H,10-13,15H2,1-3H3,(H,24,27). The molecule has 2 amide bonds. The molecule has 0 radical (unpaired) electrons. The molecule has 0 saturated heterocycles. The van der Waals surface area contributed by atoms with Crippen molar-refractivity contribution in [3.05, 3.63) is 64.7 Å². The van der Waals surface area contributed by atoms with Crippen LogP contribution in [0.3, 0.4) is 0 Å². The van der Waals surface area contributed by atoms with Crippen molar-refractivity contribution in [1.29, 1.82) is 0 Å². The maximum Gasteiger partial charge on any atom is 0.258 e. The molecule has 0 aromatic heterocycles. The second-order valence-electron chi connectivity index (χ2n) is 7.27. The van der Waals surface area contributed by atoms with Crippen molar-refractivity contribution in [3.8, 4) is 5.75 Å². The number of carbonyl (C=O) groups excluding carboxylic acids is 2. The van der Waals surface area contributed by atoms with Gasteiger partial charge in [0.25, 0.3) is 5.91 Å². The van der Waals surface area contributed by atoms with E-state index in [1.54, 1.807) is 14.0 Å². The fourth-order valence-corrected chi connectivity index (χ4v) is 3.62. The van der Waals surface area contributed by atoms with Gasteiger partial charge in [0.05, 0.1) is 12.6 Å². The molecule has 3 rings (SSSR count). The van der Waals surface area contributed by atoms with Gasteiger partial charge in [-0.1, -0.05) is 35.9 Å². The van der Waals surface area contributed by atoms with E-state index in [2.05, 4.69) is 29.6 Å². The predicted octanol–water partition coefficient (Wildman–Crippen LogP) is 2.63. The van der Waals surface area contributed by atoms with Gasteiger partial charge in [0, 0.05) is 27.1 Å². The third kappa shape index (κ3) is 5.15. The smallest absolute Gasteiger partial charge is 0.258 e. The summed E-state index contributed by atoms with van der Waals surface area (Å²) in [5.41, 5.74) is 4.49. The van der Waals surface area contributed by atoms with E-state index in [1.165, 1.54) is 11.1 Å². The molecule has 0 fully saturated rings. The summed E-state index contributed by atoms with van der Waals surface area (Å²) in [7, 11) is 1.59. The molecule has 0 aliphatic carbocycles. The van der Waals surface area contributed by atoms with E-state index in [0.29, 0.717) is 25.4 Å². The first-order chi connectivity index (χ1) is 14.0. The summed E-state index contributed by atoms with van der Waals surface area (Å²) < 4.78 is 10.6. The highest BCUT2D eigenvalue weighted by Crippen LogP contribution is 2.37. The van der Waals surface area contributed by atoms with E-state index in [0.717, 1.165) is 17.5 Å². The molecule has 1 aliphatic heterocycles. The van der Waals surface area contributed by atoms with Crippen LogP contribution in [0.5, 0.6) is 5.75 Å². The summed E-state index contributed by atoms with van der Waals surface area (Å²) in [6.07, 6.45) is 0.801. The molecular weight excluding hydrogens is 368 g/mol. The predicted molar refractivity (Wildman–Crippen MR) is 111 cm³/mol. The third-order valence-electron chi connectivity index (χ3n) is 5.14. The van der Waals surface area contributed by atoms with Gasteiger partial charge in [-0.05, 0) is 42.2 Å². The summed E-state index contributed by atoms with van der Waals surface area (Å²) in [6, 6.07) is 14.0. The van der Waals surface area contributed by atoms with Gasteiger partial charge in [-0.2, -0.15) is 0 Å². The zero-order valence-corrected chi connectivity index (χ0v) is 17.2. The van der Waals surface area contributed by atoms with Crippen LogP contribution in [-0.4, -0.2) is 50.1 Å². The van der Waals surface area contributed by atoms with Crippen molar-refractivity contribution in [3.63, 3.8) is 0 Å². The van der Waals surface area contributed by atoms with Gasteiger partial charge in [0.15, 0.2) is 6.61 Å². The number of amides is 2. The highest BCUT2D eigenvalue weighted by molar-refractivity contribution is 5.77. The number of fused-ring (bicyclic) bond motifs is 1. The fourth-order valence-electron chi connectivity index (χ4n) is 3.62. The molecule has 0 saturated carbocycles. The summed E-state index contributed by atoms with van der Waals surface area (Å²) in [5, 5.41) is 2.74. The Balaban J connectivity index is 1.83. The summed E-state index contributed by atoms with van der Waals surface area (Å²) >= 11 is 0. The lowest BCUT2D eigenvalue weighted by Crippen LogP contribution is -2.39. The number of methoxy groups -OCH3 is 1. The minimum Gasteiger partial charge on any atom is -0.484 e. The second kappa shape index (κ2) is 9.56. The van der Waals surface area contributed by atoms with Crippen LogP contribution < -0.4 is 10.1 Å². The number of rotatable bonds is 7. The number of benzene rings is 2. The van der Waals surface area contributed by atoms with Crippen LogP contribution >= 0.6 is 0 Å². The lowest BCUT2D eigenvalue weighted by molar-refractivity contribution is -0.130. The van der Waals surface area contributed by atoms with E-state index in [4.69, 9.17) is 9.47 Å². The maximum atomic E-state index is 12.3. The molecule has 2 aromatic rings. The molecule has 154 valence electrons. The van der Waals surface area contributed by atoms with Gasteiger partial charge >= 0.3 is 0 Å². The Kier molecular flexibility index (Phi) is 6.88. The minimum absolute atomic E-state index is 0.0464. The molecule has 1 atom stereocenters. The van der Waals surface area contributed by atoms with Crippen molar-refractivity contribution in [2.75, 3.05) is 33.4 Å². The maximum absolute atomic E-state index is 12.3.